The second-order valence-electron chi connectivity index (χ2n) is 6.84. The van der Waals surface area contributed by atoms with Gasteiger partial charge in [-0.1, -0.05) is 6.92 Å². The number of guanidine groups is 1. The molecular formula is C21H31IN4O2S. The van der Waals surface area contributed by atoms with Crippen LogP contribution in [0.25, 0.3) is 0 Å². The van der Waals surface area contributed by atoms with Gasteiger partial charge in [0, 0.05) is 38.0 Å². The average Bonchev–Trinajstić information content (AvgIpc) is 3.09. The van der Waals surface area contributed by atoms with E-state index in [9.17, 15) is 0 Å². The Balaban J connectivity index is 0.00000300. The number of aromatic nitrogens is 1. The molecule has 0 saturated heterocycles. The minimum absolute atomic E-state index is 0. The van der Waals surface area contributed by atoms with Crippen molar-refractivity contribution in [3.8, 4) is 11.5 Å². The highest BCUT2D eigenvalue weighted by molar-refractivity contribution is 14.0. The summed E-state index contributed by atoms with van der Waals surface area (Å²) in [4.78, 5) is 12.8. The van der Waals surface area contributed by atoms with Crippen LogP contribution in [0.4, 0.5) is 0 Å². The molecule has 0 bridgehead atoms. The number of fused-ring (bicyclic) bond motifs is 1. The number of ether oxygens (including phenoxy) is 2. The van der Waals surface area contributed by atoms with Crippen LogP contribution in [0.2, 0.25) is 0 Å². The van der Waals surface area contributed by atoms with Crippen LogP contribution in [-0.4, -0.2) is 50.2 Å². The normalized spacial score (nSPS) is 13.6. The molecule has 0 unspecified atom stereocenters. The fraction of sp³-hybridized carbons (Fsp3) is 0.524. The fourth-order valence-corrected chi connectivity index (χ4v) is 4.62. The summed E-state index contributed by atoms with van der Waals surface area (Å²) in [6, 6.07) is 4.18. The highest BCUT2D eigenvalue weighted by atomic mass is 127. The number of thiazole rings is 1. The maximum atomic E-state index is 5.46. The van der Waals surface area contributed by atoms with Gasteiger partial charge < -0.3 is 19.7 Å². The first-order valence-corrected chi connectivity index (χ1v) is 10.6. The van der Waals surface area contributed by atoms with E-state index in [0.717, 1.165) is 56.4 Å². The van der Waals surface area contributed by atoms with Crippen LogP contribution in [-0.2, 0) is 25.8 Å². The van der Waals surface area contributed by atoms with E-state index < -0.39 is 0 Å². The third-order valence-corrected chi connectivity index (χ3v) is 6.20. The van der Waals surface area contributed by atoms with Crippen molar-refractivity contribution in [2.75, 3.05) is 34.4 Å². The van der Waals surface area contributed by atoms with Crippen molar-refractivity contribution in [3.05, 3.63) is 38.8 Å². The summed E-state index contributed by atoms with van der Waals surface area (Å²) in [5.41, 5.74) is 3.80. The zero-order valence-corrected chi connectivity index (χ0v) is 21.0. The third kappa shape index (κ3) is 5.53. The molecule has 0 saturated carbocycles. The zero-order valence-electron chi connectivity index (χ0n) is 17.9. The lowest BCUT2D eigenvalue weighted by Crippen LogP contribution is -2.44. The van der Waals surface area contributed by atoms with Crippen LogP contribution in [0, 0.1) is 6.92 Å². The Hall–Kier alpha value is -1.55. The molecule has 29 heavy (non-hydrogen) atoms. The Bertz CT molecular complexity index is 853. The SMILES string of the molecule is CCc1nc(CCNC(=NC)N2CCc3cc(OC)c(OC)cc3C2)sc1C.I. The summed E-state index contributed by atoms with van der Waals surface area (Å²) in [5.74, 6) is 2.50. The van der Waals surface area contributed by atoms with Gasteiger partial charge in [-0.3, -0.25) is 4.99 Å². The molecule has 2 aromatic rings. The topological polar surface area (TPSA) is 59.0 Å². The predicted octanol–water partition coefficient (Wildman–Crippen LogP) is 3.83. The van der Waals surface area contributed by atoms with Gasteiger partial charge in [-0.15, -0.1) is 35.3 Å². The van der Waals surface area contributed by atoms with E-state index in [1.165, 1.54) is 26.7 Å². The summed E-state index contributed by atoms with van der Waals surface area (Å²) in [6.45, 7) is 6.88. The van der Waals surface area contributed by atoms with Crippen molar-refractivity contribution in [2.45, 2.75) is 39.7 Å². The summed E-state index contributed by atoms with van der Waals surface area (Å²) >= 11 is 1.80. The van der Waals surface area contributed by atoms with E-state index in [1.807, 2.05) is 7.05 Å². The first-order valence-electron chi connectivity index (χ1n) is 9.74. The molecule has 0 spiro atoms. The lowest BCUT2D eigenvalue weighted by Gasteiger charge is -2.32. The predicted molar refractivity (Wildman–Crippen MR) is 130 cm³/mol. The zero-order chi connectivity index (χ0) is 20.1. The summed E-state index contributed by atoms with van der Waals surface area (Å²) < 4.78 is 10.9. The Labute approximate surface area is 194 Å². The largest absolute Gasteiger partial charge is 0.493 e. The number of rotatable bonds is 6. The first kappa shape index (κ1) is 23.7. The molecule has 6 nitrogen and oxygen atoms in total. The molecule has 1 aromatic heterocycles. The van der Waals surface area contributed by atoms with Crippen LogP contribution in [0.3, 0.4) is 0 Å². The number of aliphatic imine (C=N–C) groups is 1. The highest BCUT2D eigenvalue weighted by Crippen LogP contribution is 2.33. The summed E-state index contributed by atoms with van der Waals surface area (Å²) in [6.07, 6.45) is 2.88. The minimum atomic E-state index is 0. The van der Waals surface area contributed by atoms with Crippen molar-refractivity contribution in [1.29, 1.82) is 0 Å². The van der Waals surface area contributed by atoms with Crippen LogP contribution >= 0.6 is 35.3 Å². The molecule has 0 atom stereocenters. The lowest BCUT2D eigenvalue weighted by atomic mass is 9.99. The van der Waals surface area contributed by atoms with Gasteiger partial charge in [0.2, 0.25) is 0 Å². The van der Waals surface area contributed by atoms with Crippen molar-refractivity contribution in [3.63, 3.8) is 0 Å². The number of nitrogens with one attached hydrogen (secondary N) is 1. The van der Waals surface area contributed by atoms with Crippen LogP contribution < -0.4 is 14.8 Å². The van der Waals surface area contributed by atoms with Crippen LogP contribution in [0.5, 0.6) is 11.5 Å². The third-order valence-electron chi connectivity index (χ3n) is 5.12. The van der Waals surface area contributed by atoms with E-state index in [4.69, 9.17) is 14.5 Å². The standard InChI is InChI=1S/C21H30N4O2S.HI/c1-6-17-14(2)28-20(24-17)7-9-23-21(22-3)25-10-8-15-11-18(26-4)19(27-5)12-16(15)13-25;/h11-12H,6-10,13H2,1-5H3,(H,22,23);1H. The molecule has 1 N–H and O–H groups in total. The van der Waals surface area contributed by atoms with Gasteiger partial charge in [-0.05, 0) is 43.0 Å². The highest BCUT2D eigenvalue weighted by Gasteiger charge is 2.21. The Morgan fingerprint density at radius 3 is 2.52 bits per heavy atom. The van der Waals surface area contributed by atoms with Crippen molar-refractivity contribution < 1.29 is 9.47 Å². The van der Waals surface area contributed by atoms with E-state index in [0.29, 0.717) is 0 Å². The Morgan fingerprint density at radius 2 is 1.93 bits per heavy atom. The molecule has 1 aliphatic rings. The van der Waals surface area contributed by atoms with Gasteiger partial charge in [0.25, 0.3) is 0 Å². The molecular weight excluding hydrogens is 499 g/mol. The summed E-state index contributed by atoms with van der Waals surface area (Å²) in [5, 5.41) is 4.70. The number of halogens is 1. The maximum Gasteiger partial charge on any atom is 0.193 e. The van der Waals surface area contributed by atoms with Gasteiger partial charge in [0.05, 0.1) is 24.9 Å². The van der Waals surface area contributed by atoms with Gasteiger partial charge in [-0.25, -0.2) is 4.98 Å². The van der Waals surface area contributed by atoms with Crippen LogP contribution in [0.15, 0.2) is 17.1 Å². The number of methoxy groups -OCH3 is 2. The van der Waals surface area contributed by atoms with Crippen molar-refractivity contribution >= 4 is 41.3 Å². The molecule has 160 valence electrons. The van der Waals surface area contributed by atoms with Crippen molar-refractivity contribution in [2.24, 2.45) is 4.99 Å². The Kier molecular flexibility index (Phi) is 9.01. The fourth-order valence-electron chi connectivity index (χ4n) is 3.60. The lowest BCUT2D eigenvalue weighted by molar-refractivity contribution is 0.346. The van der Waals surface area contributed by atoms with E-state index in [-0.39, 0.29) is 24.0 Å². The minimum Gasteiger partial charge on any atom is -0.493 e. The average molecular weight is 530 g/mol. The Morgan fingerprint density at radius 1 is 1.24 bits per heavy atom. The number of hydrogen-bond donors (Lipinski definition) is 1. The van der Waals surface area contributed by atoms with Gasteiger partial charge in [0.1, 0.15) is 0 Å². The second kappa shape index (κ2) is 11.0. The first-order chi connectivity index (χ1) is 13.6. The number of nitrogens with zero attached hydrogens (tertiary/aromatic N) is 3. The quantitative estimate of drug-likeness (QED) is 0.350. The molecule has 3 rings (SSSR count). The molecule has 0 aliphatic carbocycles. The van der Waals surface area contributed by atoms with Crippen LogP contribution in [0.1, 0.15) is 33.6 Å². The second-order valence-corrected chi connectivity index (χ2v) is 8.12. The van der Waals surface area contributed by atoms with Crippen molar-refractivity contribution in [1.82, 2.24) is 15.2 Å². The van der Waals surface area contributed by atoms with Gasteiger partial charge >= 0.3 is 0 Å². The monoisotopic (exact) mass is 530 g/mol. The molecule has 1 aromatic carbocycles. The maximum absolute atomic E-state index is 5.46. The number of benzene rings is 1. The van der Waals surface area contributed by atoms with E-state index in [1.54, 1.807) is 25.6 Å². The molecule has 1 aliphatic heterocycles. The van der Waals surface area contributed by atoms with E-state index >= 15 is 0 Å². The molecule has 0 amide bonds. The molecule has 0 radical (unpaired) electrons. The van der Waals surface area contributed by atoms with E-state index in [2.05, 4.69) is 41.2 Å². The van der Waals surface area contributed by atoms with Gasteiger partial charge in [0.15, 0.2) is 17.5 Å². The number of aryl methyl sites for hydroxylation is 2. The smallest absolute Gasteiger partial charge is 0.193 e. The summed E-state index contributed by atoms with van der Waals surface area (Å²) in [7, 11) is 5.20. The number of hydrogen-bond acceptors (Lipinski definition) is 5. The molecule has 8 heteroatoms. The molecule has 0 fully saturated rings. The van der Waals surface area contributed by atoms with Gasteiger partial charge in [-0.2, -0.15) is 0 Å². The molecule has 2 heterocycles.